The topological polar surface area (TPSA) is 56.3 Å². The van der Waals surface area contributed by atoms with Crippen molar-refractivity contribution in [2.45, 2.75) is 6.92 Å². The maximum atomic E-state index is 5.64. The molecule has 1 aromatic heterocycles. The molecule has 0 bridgehead atoms. The third-order valence-electron chi connectivity index (χ3n) is 3.11. The number of aryl methyl sites for hydroxylation is 1. The van der Waals surface area contributed by atoms with Gasteiger partial charge in [0.2, 0.25) is 0 Å². The van der Waals surface area contributed by atoms with Crippen LogP contribution in [0, 0.1) is 6.92 Å². The Morgan fingerprint density at radius 3 is 2.67 bits per heavy atom. The predicted octanol–water partition coefficient (Wildman–Crippen LogP) is 3.79. The smallest absolute Gasteiger partial charge is 0.175 e. The molecule has 21 heavy (non-hydrogen) atoms. The van der Waals surface area contributed by atoms with Gasteiger partial charge in [0.1, 0.15) is 19.0 Å². The molecular formula is C14H13Br2N3O2. The minimum Gasteiger partial charge on any atom is -0.486 e. The minimum atomic E-state index is 0.547. The highest BCUT2D eigenvalue weighted by Gasteiger charge is 2.19. The Bertz CT molecular complexity index is 707. The second-order valence-electron chi connectivity index (χ2n) is 4.53. The normalized spacial score (nSPS) is 13.1. The summed E-state index contributed by atoms with van der Waals surface area (Å²) >= 11 is 6.99. The van der Waals surface area contributed by atoms with E-state index in [2.05, 4.69) is 47.1 Å². The lowest BCUT2D eigenvalue weighted by Crippen LogP contribution is -2.15. The van der Waals surface area contributed by atoms with Crippen LogP contribution in [-0.4, -0.2) is 30.2 Å². The highest BCUT2D eigenvalue weighted by Crippen LogP contribution is 2.41. The average molecular weight is 415 g/mol. The van der Waals surface area contributed by atoms with E-state index in [4.69, 9.17) is 9.47 Å². The molecule has 0 aliphatic carbocycles. The molecule has 1 aromatic carbocycles. The average Bonchev–Trinajstić information content (AvgIpc) is 2.50. The molecule has 0 saturated carbocycles. The summed E-state index contributed by atoms with van der Waals surface area (Å²) in [5.74, 6) is 2.83. The SMILES string of the molecule is CNc1nc(-c2cc(Br)c3c(c2)OCCO3)nc(C)c1Br. The van der Waals surface area contributed by atoms with Gasteiger partial charge in [0.15, 0.2) is 17.3 Å². The summed E-state index contributed by atoms with van der Waals surface area (Å²) in [7, 11) is 1.83. The van der Waals surface area contributed by atoms with Crippen LogP contribution in [0.5, 0.6) is 11.5 Å². The molecule has 5 nitrogen and oxygen atoms in total. The van der Waals surface area contributed by atoms with Gasteiger partial charge in [-0.1, -0.05) is 0 Å². The molecule has 0 atom stereocenters. The third kappa shape index (κ3) is 2.72. The van der Waals surface area contributed by atoms with Gasteiger partial charge in [-0.05, 0) is 50.9 Å². The van der Waals surface area contributed by atoms with Crippen molar-refractivity contribution in [2.24, 2.45) is 0 Å². The summed E-state index contributed by atoms with van der Waals surface area (Å²) in [5, 5.41) is 3.06. The molecule has 2 aromatic rings. The highest BCUT2D eigenvalue weighted by molar-refractivity contribution is 9.11. The molecular weight excluding hydrogens is 402 g/mol. The number of nitrogens with one attached hydrogen (secondary N) is 1. The van der Waals surface area contributed by atoms with Crippen molar-refractivity contribution in [1.29, 1.82) is 0 Å². The molecule has 7 heteroatoms. The van der Waals surface area contributed by atoms with Crippen LogP contribution < -0.4 is 14.8 Å². The van der Waals surface area contributed by atoms with Crippen molar-refractivity contribution < 1.29 is 9.47 Å². The maximum Gasteiger partial charge on any atom is 0.175 e. The minimum absolute atomic E-state index is 0.547. The van der Waals surface area contributed by atoms with Gasteiger partial charge in [-0.3, -0.25) is 0 Å². The standard InChI is InChI=1S/C14H13Br2N3O2/c1-7-11(16)14(17-2)19-13(18-7)8-5-9(15)12-10(6-8)20-3-4-21-12/h5-6H,3-4H2,1-2H3,(H,17,18,19). The van der Waals surface area contributed by atoms with Gasteiger partial charge in [0.05, 0.1) is 14.6 Å². The first-order valence-corrected chi connectivity index (χ1v) is 8.00. The first-order chi connectivity index (χ1) is 10.1. The Morgan fingerprint density at radius 1 is 1.14 bits per heavy atom. The first-order valence-electron chi connectivity index (χ1n) is 6.41. The van der Waals surface area contributed by atoms with Crippen LogP contribution in [-0.2, 0) is 0 Å². The second kappa shape index (κ2) is 5.81. The van der Waals surface area contributed by atoms with Crippen LogP contribution in [0.4, 0.5) is 5.82 Å². The number of benzene rings is 1. The van der Waals surface area contributed by atoms with Gasteiger partial charge in [-0.2, -0.15) is 0 Å². The first kappa shape index (κ1) is 14.6. The fraction of sp³-hybridized carbons (Fsp3) is 0.286. The molecule has 110 valence electrons. The molecule has 1 aliphatic rings. The monoisotopic (exact) mass is 413 g/mol. The largest absolute Gasteiger partial charge is 0.486 e. The molecule has 0 unspecified atom stereocenters. The number of hydrogen-bond acceptors (Lipinski definition) is 5. The zero-order valence-corrected chi connectivity index (χ0v) is 14.7. The predicted molar refractivity (Wildman–Crippen MR) is 88.1 cm³/mol. The number of hydrogen-bond donors (Lipinski definition) is 1. The van der Waals surface area contributed by atoms with Crippen molar-refractivity contribution in [3.8, 4) is 22.9 Å². The van der Waals surface area contributed by atoms with Crippen molar-refractivity contribution in [1.82, 2.24) is 9.97 Å². The molecule has 0 fully saturated rings. The molecule has 0 amide bonds. The number of anilines is 1. The van der Waals surface area contributed by atoms with Gasteiger partial charge in [-0.25, -0.2) is 9.97 Å². The zero-order chi connectivity index (χ0) is 15.0. The molecule has 2 heterocycles. The number of halogens is 2. The summed E-state index contributed by atoms with van der Waals surface area (Å²) in [6.45, 7) is 3.04. The van der Waals surface area contributed by atoms with Crippen molar-refractivity contribution >= 4 is 37.7 Å². The Labute approximate surface area is 139 Å². The van der Waals surface area contributed by atoms with Gasteiger partial charge in [-0.15, -0.1) is 0 Å². The highest BCUT2D eigenvalue weighted by atomic mass is 79.9. The van der Waals surface area contributed by atoms with Crippen LogP contribution in [0.1, 0.15) is 5.69 Å². The van der Waals surface area contributed by atoms with Crippen LogP contribution in [0.2, 0.25) is 0 Å². The quantitative estimate of drug-likeness (QED) is 0.810. The Balaban J connectivity index is 2.13. The summed E-state index contributed by atoms with van der Waals surface area (Å²) < 4.78 is 12.9. The van der Waals surface area contributed by atoms with E-state index in [9.17, 15) is 0 Å². The third-order valence-corrected chi connectivity index (χ3v) is 4.65. The molecule has 0 spiro atoms. The van der Waals surface area contributed by atoms with Gasteiger partial charge in [0.25, 0.3) is 0 Å². The lowest BCUT2D eigenvalue weighted by molar-refractivity contribution is 0.170. The van der Waals surface area contributed by atoms with Gasteiger partial charge >= 0.3 is 0 Å². The van der Waals surface area contributed by atoms with E-state index in [1.54, 1.807) is 0 Å². The summed E-state index contributed by atoms with van der Waals surface area (Å²) in [4.78, 5) is 9.05. The van der Waals surface area contributed by atoms with E-state index in [1.165, 1.54) is 0 Å². The van der Waals surface area contributed by atoms with E-state index in [-0.39, 0.29) is 0 Å². The summed E-state index contributed by atoms with van der Waals surface area (Å²) in [6.07, 6.45) is 0. The number of rotatable bonds is 2. The molecule has 1 N–H and O–H groups in total. The van der Waals surface area contributed by atoms with Crippen molar-refractivity contribution in [2.75, 3.05) is 25.6 Å². The molecule has 3 rings (SSSR count). The lowest BCUT2D eigenvalue weighted by atomic mass is 10.1. The summed E-state index contributed by atoms with van der Waals surface area (Å²) in [6, 6.07) is 3.84. The van der Waals surface area contributed by atoms with E-state index in [1.807, 2.05) is 26.1 Å². The van der Waals surface area contributed by atoms with Crippen molar-refractivity contribution in [3.63, 3.8) is 0 Å². The number of nitrogens with zero attached hydrogens (tertiary/aromatic N) is 2. The van der Waals surface area contributed by atoms with E-state index in [0.717, 1.165) is 31.8 Å². The number of ether oxygens (including phenoxy) is 2. The Kier molecular flexibility index (Phi) is 4.03. The lowest BCUT2D eigenvalue weighted by Gasteiger charge is -2.20. The molecule has 0 radical (unpaired) electrons. The van der Waals surface area contributed by atoms with E-state index in [0.29, 0.717) is 24.8 Å². The fourth-order valence-electron chi connectivity index (χ4n) is 2.09. The second-order valence-corrected chi connectivity index (χ2v) is 6.17. The fourth-order valence-corrected chi connectivity index (χ4v) is 3.03. The Morgan fingerprint density at radius 2 is 1.90 bits per heavy atom. The number of aromatic nitrogens is 2. The van der Waals surface area contributed by atoms with Gasteiger partial charge in [0, 0.05) is 12.6 Å². The van der Waals surface area contributed by atoms with Crippen LogP contribution >= 0.6 is 31.9 Å². The Hall–Kier alpha value is -1.34. The molecule has 1 aliphatic heterocycles. The maximum absolute atomic E-state index is 5.64. The van der Waals surface area contributed by atoms with E-state index < -0.39 is 0 Å². The van der Waals surface area contributed by atoms with E-state index >= 15 is 0 Å². The zero-order valence-electron chi connectivity index (χ0n) is 11.5. The van der Waals surface area contributed by atoms with Crippen LogP contribution in [0.3, 0.4) is 0 Å². The number of fused-ring (bicyclic) bond motifs is 1. The van der Waals surface area contributed by atoms with Crippen molar-refractivity contribution in [3.05, 3.63) is 26.8 Å². The van der Waals surface area contributed by atoms with Crippen LogP contribution in [0.15, 0.2) is 21.1 Å². The van der Waals surface area contributed by atoms with Crippen LogP contribution in [0.25, 0.3) is 11.4 Å². The summed E-state index contributed by atoms with van der Waals surface area (Å²) in [5.41, 5.74) is 1.74. The van der Waals surface area contributed by atoms with Gasteiger partial charge < -0.3 is 14.8 Å². The molecule has 0 saturated heterocycles.